The fourth-order valence-electron chi connectivity index (χ4n) is 3.16. The van der Waals surface area contributed by atoms with Crippen LogP contribution in [0.4, 0.5) is 11.8 Å². The molecule has 6 nitrogen and oxygen atoms in total. The maximum absolute atomic E-state index is 11.7. The fourth-order valence-corrected chi connectivity index (χ4v) is 3.85. The molecule has 2 aromatic carbocycles. The van der Waals surface area contributed by atoms with Crippen LogP contribution in [0.5, 0.6) is 0 Å². The Hall–Kier alpha value is -2.93. The Balaban J connectivity index is 1.66. The van der Waals surface area contributed by atoms with Crippen LogP contribution in [-0.4, -0.2) is 31.2 Å². The van der Waals surface area contributed by atoms with Crippen molar-refractivity contribution in [2.45, 2.75) is 31.6 Å². The smallest absolute Gasteiger partial charge is 0.222 e. The van der Waals surface area contributed by atoms with Crippen LogP contribution in [0.15, 0.2) is 53.4 Å². The number of nitrogens with one attached hydrogen (secondary N) is 1. The van der Waals surface area contributed by atoms with Gasteiger partial charge in [-0.3, -0.25) is 0 Å². The summed E-state index contributed by atoms with van der Waals surface area (Å²) in [7, 11) is -3.19. The van der Waals surface area contributed by atoms with Gasteiger partial charge in [0.1, 0.15) is 5.82 Å². The van der Waals surface area contributed by atoms with Crippen LogP contribution in [0.1, 0.15) is 23.1 Å². The van der Waals surface area contributed by atoms with Gasteiger partial charge in [-0.05, 0) is 55.5 Å². The average molecular weight is 411 g/mol. The molecular weight excluding hydrogens is 384 g/mol. The lowest BCUT2D eigenvalue weighted by atomic mass is 10.0. The van der Waals surface area contributed by atoms with E-state index in [4.69, 9.17) is 5.73 Å². The summed E-state index contributed by atoms with van der Waals surface area (Å²) in [6.07, 6.45) is 2.82. The monoisotopic (exact) mass is 410 g/mol. The van der Waals surface area contributed by atoms with E-state index >= 15 is 0 Å². The molecule has 1 heterocycles. The second-order valence-electron chi connectivity index (χ2n) is 7.19. The van der Waals surface area contributed by atoms with Gasteiger partial charge in [-0.15, -0.1) is 0 Å². The minimum atomic E-state index is -3.19. The van der Waals surface area contributed by atoms with E-state index in [1.54, 1.807) is 18.2 Å². The van der Waals surface area contributed by atoms with Crippen molar-refractivity contribution in [3.63, 3.8) is 0 Å². The van der Waals surface area contributed by atoms with Crippen molar-refractivity contribution in [3.05, 3.63) is 65.2 Å². The number of rotatable bonds is 7. The molecular formula is C22H26N4O2S. The molecule has 0 fully saturated rings. The summed E-state index contributed by atoms with van der Waals surface area (Å²) >= 11 is 0. The summed E-state index contributed by atoms with van der Waals surface area (Å²) in [5.74, 6) is 0.907. The van der Waals surface area contributed by atoms with Crippen molar-refractivity contribution in [2.24, 2.45) is 0 Å². The van der Waals surface area contributed by atoms with E-state index in [9.17, 15) is 8.42 Å². The molecule has 0 amide bonds. The molecule has 29 heavy (non-hydrogen) atoms. The number of nitrogens with two attached hydrogens (primary N) is 1. The Morgan fingerprint density at radius 3 is 2.55 bits per heavy atom. The number of aryl methyl sites for hydroxylation is 2. The molecule has 1 aromatic heterocycles. The molecule has 7 heteroatoms. The number of sulfone groups is 1. The Morgan fingerprint density at radius 1 is 1.03 bits per heavy atom. The van der Waals surface area contributed by atoms with Crippen LogP contribution in [0.3, 0.4) is 0 Å². The predicted molar refractivity (Wildman–Crippen MR) is 118 cm³/mol. The first-order chi connectivity index (χ1) is 13.7. The van der Waals surface area contributed by atoms with E-state index in [2.05, 4.69) is 35.2 Å². The third kappa shape index (κ3) is 5.32. The molecule has 0 unspecified atom stereocenters. The zero-order chi connectivity index (χ0) is 21.0. The van der Waals surface area contributed by atoms with Crippen molar-refractivity contribution in [1.29, 1.82) is 0 Å². The van der Waals surface area contributed by atoms with Crippen molar-refractivity contribution >= 4 is 21.6 Å². The van der Waals surface area contributed by atoms with Crippen LogP contribution in [-0.2, 0) is 16.3 Å². The molecule has 0 spiro atoms. The molecule has 0 bridgehead atoms. The van der Waals surface area contributed by atoms with E-state index in [0.717, 1.165) is 29.7 Å². The lowest BCUT2D eigenvalue weighted by Crippen LogP contribution is -2.08. The van der Waals surface area contributed by atoms with Gasteiger partial charge in [-0.25, -0.2) is 13.4 Å². The Kier molecular flexibility index (Phi) is 6.17. The summed E-state index contributed by atoms with van der Waals surface area (Å²) in [4.78, 5) is 9.01. The normalized spacial score (nSPS) is 11.4. The average Bonchev–Trinajstić information content (AvgIpc) is 2.66. The fraction of sp³-hybridized carbons (Fsp3) is 0.273. The van der Waals surface area contributed by atoms with Crippen molar-refractivity contribution < 1.29 is 8.42 Å². The first-order valence-corrected chi connectivity index (χ1v) is 11.4. The molecule has 152 valence electrons. The van der Waals surface area contributed by atoms with E-state index in [1.807, 2.05) is 24.3 Å². The minimum Gasteiger partial charge on any atom is -0.370 e. The molecule has 0 aliphatic carbocycles. The zero-order valence-corrected chi connectivity index (χ0v) is 17.8. The highest BCUT2D eigenvalue weighted by Crippen LogP contribution is 2.26. The Morgan fingerprint density at radius 2 is 1.79 bits per heavy atom. The van der Waals surface area contributed by atoms with Crippen molar-refractivity contribution in [2.75, 3.05) is 23.9 Å². The molecule has 0 saturated carbocycles. The Bertz CT molecular complexity index is 1130. The quantitative estimate of drug-likeness (QED) is 0.575. The standard InChI is InChI=1S/C22H26N4O2S/c1-15-7-4-11-19(16(15)2)20-14-21(26-22(23)25-20)24-12-6-9-17-8-5-10-18(13-17)29(3,27)28/h4-5,7-8,10-11,13-14H,6,9,12H2,1-3H3,(H3,23,24,25,26). The van der Waals surface area contributed by atoms with E-state index in [1.165, 1.54) is 17.4 Å². The SMILES string of the molecule is Cc1cccc(-c2cc(NCCCc3cccc(S(C)(=O)=O)c3)nc(N)n2)c1C. The Labute approximate surface area is 172 Å². The number of aromatic nitrogens is 2. The van der Waals surface area contributed by atoms with E-state index in [0.29, 0.717) is 17.3 Å². The number of hydrogen-bond donors (Lipinski definition) is 2. The zero-order valence-electron chi connectivity index (χ0n) is 16.9. The van der Waals surface area contributed by atoms with Gasteiger partial charge in [0, 0.05) is 24.4 Å². The molecule has 3 aromatic rings. The van der Waals surface area contributed by atoms with Gasteiger partial charge < -0.3 is 11.1 Å². The highest BCUT2D eigenvalue weighted by molar-refractivity contribution is 7.90. The number of hydrogen-bond acceptors (Lipinski definition) is 6. The second kappa shape index (κ2) is 8.61. The van der Waals surface area contributed by atoms with Gasteiger partial charge in [0.2, 0.25) is 5.95 Å². The molecule has 0 saturated heterocycles. The van der Waals surface area contributed by atoms with E-state index in [-0.39, 0.29) is 5.95 Å². The van der Waals surface area contributed by atoms with Crippen molar-refractivity contribution in [1.82, 2.24) is 9.97 Å². The van der Waals surface area contributed by atoms with Crippen molar-refractivity contribution in [3.8, 4) is 11.3 Å². The maximum atomic E-state index is 11.7. The van der Waals surface area contributed by atoms with Gasteiger partial charge in [0.15, 0.2) is 9.84 Å². The lowest BCUT2D eigenvalue weighted by Gasteiger charge is -2.11. The lowest BCUT2D eigenvalue weighted by molar-refractivity contribution is 0.601. The highest BCUT2D eigenvalue weighted by atomic mass is 32.2. The summed E-state index contributed by atoms with van der Waals surface area (Å²) < 4.78 is 23.4. The minimum absolute atomic E-state index is 0.228. The second-order valence-corrected chi connectivity index (χ2v) is 9.21. The molecule has 3 rings (SSSR count). The largest absolute Gasteiger partial charge is 0.370 e. The first-order valence-electron chi connectivity index (χ1n) is 9.48. The summed E-state index contributed by atoms with van der Waals surface area (Å²) in [6, 6.07) is 15.1. The highest BCUT2D eigenvalue weighted by Gasteiger charge is 2.09. The van der Waals surface area contributed by atoms with Gasteiger partial charge >= 0.3 is 0 Å². The third-order valence-electron chi connectivity index (χ3n) is 4.90. The van der Waals surface area contributed by atoms with Gasteiger partial charge in [0.05, 0.1) is 10.6 Å². The molecule has 0 aliphatic rings. The topological polar surface area (TPSA) is 98.0 Å². The molecule has 0 radical (unpaired) electrons. The number of anilines is 2. The van der Waals surface area contributed by atoms with Crippen LogP contribution < -0.4 is 11.1 Å². The maximum Gasteiger partial charge on any atom is 0.222 e. The number of nitrogens with zero attached hydrogens (tertiary/aromatic N) is 2. The van der Waals surface area contributed by atoms with Crippen LogP contribution in [0.25, 0.3) is 11.3 Å². The van der Waals surface area contributed by atoms with Gasteiger partial charge in [-0.2, -0.15) is 4.98 Å². The summed E-state index contributed by atoms with van der Waals surface area (Å²) in [5, 5.41) is 3.30. The first kappa shape index (κ1) is 20.8. The number of nitrogen functional groups attached to an aromatic ring is 1. The van der Waals surface area contributed by atoms with Gasteiger partial charge in [0.25, 0.3) is 0 Å². The molecule has 3 N–H and O–H groups in total. The summed E-state index contributed by atoms with van der Waals surface area (Å²) in [6.45, 7) is 4.83. The predicted octanol–water partition coefficient (Wildman–Crippen LogP) is 3.79. The summed E-state index contributed by atoms with van der Waals surface area (Å²) in [5.41, 5.74) is 11.1. The molecule has 0 atom stereocenters. The molecule has 0 aliphatic heterocycles. The van der Waals surface area contributed by atoms with Crippen LogP contribution in [0.2, 0.25) is 0 Å². The van der Waals surface area contributed by atoms with Gasteiger partial charge in [-0.1, -0.05) is 30.3 Å². The van der Waals surface area contributed by atoms with Crippen LogP contribution in [0, 0.1) is 13.8 Å². The van der Waals surface area contributed by atoms with E-state index < -0.39 is 9.84 Å². The third-order valence-corrected chi connectivity index (χ3v) is 6.01. The number of benzene rings is 2. The van der Waals surface area contributed by atoms with Crippen LogP contribution >= 0.6 is 0 Å².